The van der Waals surface area contributed by atoms with E-state index in [9.17, 15) is 27.6 Å². The van der Waals surface area contributed by atoms with Crippen molar-refractivity contribution in [2.24, 2.45) is 5.92 Å². The smallest absolute Gasteiger partial charge is 0.417 e. The molecular formula is C38H49ClF3N5O4. The zero-order valence-electron chi connectivity index (χ0n) is 29.3. The predicted octanol–water partition coefficient (Wildman–Crippen LogP) is 7.12. The molecule has 4 aliphatic heterocycles. The number of anilines is 1. The average molecular weight is 732 g/mol. The second-order valence-electron chi connectivity index (χ2n) is 14.7. The third-order valence-electron chi connectivity index (χ3n) is 11.3. The molecule has 0 aliphatic carbocycles. The lowest BCUT2D eigenvalue weighted by Crippen LogP contribution is -2.50. The number of amides is 3. The van der Waals surface area contributed by atoms with Crippen molar-refractivity contribution in [1.82, 2.24) is 19.6 Å². The van der Waals surface area contributed by atoms with Crippen molar-refractivity contribution in [1.29, 1.82) is 0 Å². The summed E-state index contributed by atoms with van der Waals surface area (Å²) in [7, 11) is 2.16. The highest BCUT2D eigenvalue weighted by atomic mass is 35.5. The van der Waals surface area contributed by atoms with Gasteiger partial charge in [0.15, 0.2) is 11.9 Å². The van der Waals surface area contributed by atoms with Crippen molar-refractivity contribution < 1.29 is 32.3 Å². The number of piperidine rings is 3. The summed E-state index contributed by atoms with van der Waals surface area (Å²) in [6.07, 6.45) is 0.231. The molecule has 0 aromatic heterocycles. The molecule has 4 aliphatic rings. The Bertz CT molecular complexity index is 1540. The van der Waals surface area contributed by atoms with Crippen molar-refractivity contribution in [3.63, 3.8) is 0 Å². The number of halogens is 4. The molecule has 4 heterocycles. The molecule has 0 unspecified atom stereocenters. The number of ketones is 1. The lowest BCUT2D eigenvalue weighted by atomic mass is 9.88. The summed E-state index contributed by atoms with van der Waals surface area (Å²) in [4.78, 5) is 48.6. The third kappa shape index (κ3) is 9.56. The lowest BCUT2D eigenvalue weighted by molar-refractivity contribution is -0.137. The van der Waals surface area contributed by atoms with Crippen LogP contribution < -0.4 is 5.32 Å². The average Bonchev–Trinajstić information content (AvgIpc) is 3.29. The first-order chi connectivity index (χ1) is 24.4. The van der Waals surface area contributed by atoms with Gasteiger partial charge in [0.25, 0.3) is 0 Å². The van der Waals surface area contributed by atoms with Crippen LogP contribution in [0.25, 0.3) is 0 Å². The Balaban J connectivity index is 1.06. The van der Waals surface area contributed by atoms with Crippen molar-refractivity contribution >= 4 is 35.2 Å². The van der Waals surface area contributed by atoms with Gasteiger partial charge >= 0.3 is 18.3 Å². The number of fused-ring (bicyclic) bond motifs is 1. The van der Waals surface area contributed by atoms with E-state index in [0.29, 0.717) is 50.9 Å². The van der Waals surface area contributed by atoms with Gasteiger partial charge in [-0.1, -0.05) is 35.9 Å². The summed E-state index contributed by atoms with van der Waals surface area (Å²) in [5.74, 6) is 0.0727. The summed E-state index contributed by atoms with van der Waals surface area (Å²) in [5.41, 5.74) is 1.11. The molecule has 6 rings (SSSR count). The monoisotopic (exact) mass is 731 g/mol. The number of para-hydroxylation sites is 1. The number of hydrogen-bond donors (Lipinski definition) is 1. The first kappa shape index (κ1) is 37.4. The number of nitrogens with zero attached hydrogens (tertiary/aromatic N) is 4. The van der Waals surface area contributed by atoms with E-state index in [1.165, 1.54) is 29.9 Å². The van der Waals surface area contributed by atoms with Gasteiger partial charge < -0.3 is 29.7 Å². The van der Waals surface area contributed by atoms with Gasteiger partial charge in [0.1, 0.15) is 0 Å². The molecule has 278 valence electrons. The molecule has 0 spiro atoms. The molecule has 2 aromatic rings. The van der Waals surface area contributed by atoms with Gasteiger partial charge in [0.05, 0.1) is 10.6 Å². The van der Waals surface area contributed by atoms with Gasteiger partial charge in [-0.25, -0.2) is 9.59 Å². The van der Waals surface area contributed by atoms with Crippen LogP contribution in [0, 0.1) is 5.92 Å². The molecule has 0 radical (unpaired) electrons. The normalized spacial score (nSPS) is 21.2. The minimum atomic E-state index is -4.66. The molecule has 9 nitrogen and oxygen atoms in total. The fraction of sp³-hybridized carbons (Fsp3) is 0.605. The van der Waals surface area contributed by atoms with Crippen LogP contribution in [0.2, 0.25) is 5.02 Å². The number of urea groups is 1. The Morgan fingerprint density at radius 2 is 1.61 bits per heavy atom. The molecule has 0 saturated carbocycles. The Kier molecular flexibility index (Phi) is 12.1. The maximum Gasteiger partial charge on any atom is 0.417 e. The number of likely N-dealkylation sites (tertiary alicyclic amines) is 3. The van der Waals surface area contributed by atoms with Gasteiger partial charge in [-0.05, 0) is 120 Å². The van der Waals surface area contributed by atoms with Crippen LogP contribution >= 0.6 is 11.6 Å². The first-order valence-electron chi connectivity index (χ1n) is 18.4. The number of benzene rings is 2. The zero-order valence-corrected chi connectivity index (χ0v) is 30.1. The molecule has 0 bridgehead atoms. The molecule has 1 N–H and O–H groups in total. The number of carbonyl (C=O) groups is 3. The second-order valence-corrected chi connectivity index (χ2v) is 15.1. The summed E-state index contributed by atoms with van der Waals surface area (Å²) < 4.78 is 46.9. The largest absolute Gasteiger partial charge is 0.438 e. The van der Waals surface area contributed by atoms with E-state index in [2.05, 4.69) is 22.2 Å². The van der Waals surface area contributed by atoms with Crippen LogP contribution in [0.1, 0.15) is 68.1 Å². The van der Waals surface area contributed by atoms with Gasteiger partial charge in [-0.2, -0.15) is 13.2 Å². The fourth-order valence-electron chi connectivity index (χ4n) is 8.12. The highest BCUT2D eigenvalue weighted by Crippen LogP contribution is 2.36. The minimum absolute atomic E-state index is 0.0680. The minimum Gasteiger partial charge on any atom is -0.438 e. The number of Topliss-reactive ketones (excluding diaryl/α,β-unsaturated/α-hetero) is 1. The van der Waals surface area contributed by atoms with E-state index in [-0.39, 0.29) is 36.3 Å². The molecule has 1 atom stereocenters. The molecule has 13 heteroatoms. The molecule has 3 amide bonds. The summed E-state index contributed by atoms with van der Waals surface area (Å²) in [6.45, 7) is 5.44. The van der Waals surface area contributed by atoms with Crippen LogP contribution in [-0.2, 0) is 28.5 Å². The van der Waals surface area contributed by atoms with Crippen LogP contribution in [0.15, 0.2) is 42.5 Å². The van der Waals surface area contributed by atoms with Crippen LogP contribution in [0.5, 0.6) is 0 Å². The summed E-state index contributed by atoms with van der Waals surface area (Å²) >= 11 is 5.86. The van der Waals surface area contributed by atoms with E-state index in [1.807, 2.05) is 29.2 Å². The van der Waals surface area contributed by atoms with Crippen molar-refractivity contribution in [2.75, 3.05) is 58.2 Å². The highest BCUT2D eigenvalue weighted by Gasteiger charge is 2.36. The van der Waals surface area contributed by atoms with Gasteiger partial charge in [0, 0.05) is 50.2 Å². The van der Waals surface area contributed by atoms with E-state index in [0.717, 1.165) is 62.8 Å². The summed E-state index contributed by atoms with van der Waals surface area (Å²) in [5, 5.41) is 2.57. The van der Waals surface area contributed by atoms with E-state index < -0.39 is 29.0 Å². The summed E-state index contributed by atoms with van der Waals surface area (Å²) in [6, 6.07) is 11.7. The SMILES string of the molecule is CN1CCC(N2CCC(CCC(=O)[C@@H](Cc3ccc(Cl)c(C(F)(F)F)c3)OC(=O)N3CCC(N4CCc5ccccc5NC4=O)CC3)CC2)CC1. The van der Waals surface area contributed by atoms with Crippen LogP contribution in [-0.4, -0.2) is 109 Å². The van der Waals surface area contributed by atoms with Gasteiger partial charge in [-0.3, -0.25) is 4.79 Å². The first-order valence-corrected chi connectivity index (χ1v) is 18.7. The number of carbonyl (C=O) groups excluding carboxylic acids is 3. The number of alkyl halides is 3. The molecular weight excluding hydrogens is 683 g/mol. The van der Waals surface area contributed by atoms with Crippen molar-refractivity contribution in [3.8, 4) is 0 Å². The number of rotatable bonds is 9. The Hall–Kier alpha value is -3.35. The number of hydrogen-bond acceptors (Lipinski definition) is 6. The maximum absolute atomic E-state index is 13.7. The van der Waals surface area contributed by atoms with Gasteiger partial charge in [-0.15, -0.1) is 0 Å². The molecule has 2 aromatic carbocycles. The number of nitrogens with one attached hydrogen (secondary N) is 1. The van der Waals surface area contributed by atoms with Crippen LogP contribution in [0.4, 0.5) is 28.4 Å². The Morgan fingerprint density at radius 3 is 2.31 bits per heavy atom. The highest BCUT2D eigenvalue weighted by molar-refractivity contribution is 6.31. The third-order valence-corrected chi connectivity index (χ3v) is 11.6. The molecule has 51 heavy (non-hydrogen) atoms. The topological polar surface area (TPSA) is 85.4 Å². The Labute approximate surface area is 303 Å². The lowest BCUT2D eigenvalue weighted by Gasteiger charge is -2.41. The maximum atomic E-state index is 13.7. The molecule has 3 saturated heterocycles. The van der Waals surface area contributed by atoms with Crippen molar-refractivity contribution in [2.45, 2.75) is 88.6 Å². The standard InChI is InChI=1S/C38H49ClF3N5O4/c1-44-17-13-29(14-18-44)45-19-10-26(11-20-45)7-9-34(48)35(25-27-6-8-32(39)31(24-27)38(40,41)42)51-37(50)46-21-15-30(16-22-46)47-23-12-28-4-2-3-5-33(28)43-36(47)49/h2-6,8,24,26,29-30,35H,7,9-23,25H2,1H3,(H,43,49)/t35-/m1/s1. The van der Waals surface area contributed by atoms with Gasteiger partial charge in [0.2, 0.25) is 0 Å². The zero-order chi connectivity index (χ0) is 36.1. The quantitative estimate of drug-likeness (QED) is 0.296. The second kappa shape index (κ2) is 16.5. The van der Waals surface area contributed by atoms with E-state index in [4.69, 9.17) is 16.3 Å². The number of ether oxygens (including phenoxy) is 1. The van der Waals surface area contributed by atoms with E-state index in [1.54, 1.807) is 0 Å². The van der Waals surface area contributed by atoms with Crippen molar-refractivity contribution in [3.05, 3.63) is 64.2 Å². The Morgan fingerprint density at radius 1 is 0.922 bits per heavy atom. The predicted molar refractivity (Wildman–Crippen MR) is 190 cm³/mol. The van der Waals surface area contributed by atoms with E-state index >= 15 is 0 Å². The fourth-order valence-corrected chi connectivity index (χ4v) is 8.35. The van der Waals surface area contributed by atoms with Crippen LogP contribution in [0.3, 0.4) is 0 Å². The molecule has 3 fully saturated rings.